The number of hydrogen-bond acceptors (Lipinski definition) is 5. The molecule has 6 heteroatoms. The lowest BCUT2D eigenvalue weighted by molar-refractivity contribution is 0.0459. The second kappa shape index (κ2) is 8.31. The third-order valence-electron chi connectivity index (χ3n) is 4.67. The van der Waals surface area contributed by atoms with E-state index in [1.807, 2.05) is 20.8 Å². The Bertz CT molecular complexity index is 375. The smallest absolute Gasteiger partial charge is 0.407 e. The highest BCUT2D eigenvalue weighted by Crippen LogP contribution is 2.24. The van der Waals surface area contributed by atoms with Gasteiger partial charge in [0, 0.05) is 38.8 Å². The number of carbonyl (C=O) groups excluding carboxylic acids is 1. The Morgan fingerprint density at radius 2 is 1.78 bits per heavy atom. The maximum atomic E-state index is 11.9. The first-order valence-electron chi connectivity index (χ1n) is 9.00. The molecule has 1 saturated heterocycles. The van der Waals surface area contributed by atoms with Gasteiger partial charge in [0.1, 0.15) is 5.60 Å². The zero-order valence-electron chi connectivity index (χ0n) is 15.2. The van der Waals surface area contributed by atoms with Gasteiger partial charge < -0.3 is 15.0 Å². The average molecular weight is 326 g/mol. The SMILES string of the molecule is CN1CCN(NC2CCCCC2CNC(=O)OC(C)(C)C)CC1. The normalized spacial score (nSPS) is 27.7. The number of likely N-dealkylation sites (N-methyl/N-ethyl adjacent to an activating group) is 1. The summed E-state index contributed by atoms with van der Waals surface area (Å²) in [4.78, 5) is 14.2. The molecule has 134 valence electrons. The molecule has 2 rings (SSSR count). The van der Waals surface area contributed by atoms with Gasteiger partial charge in [-0.25, -0.2) is 9.80 Å². The summed E-state index contributed by atoms with van der Waals surface area (Å²) in [6, 6.07) is 0.460. The maximum Gasteiger partial charge on any atom is 0.407 e. The number of hydrogen-bond donors (Lipinski definition) is 2. The van der Waals surface area contributed by atoms with Crippen molar-refractivity contribution in [3.8, 4) is 0 Å². The summed E-state index contributed by atoms with van der Waals surface area (Å²) in [5, 5.41) is 5.31. The van der Waals surface area contributed by atoms with Crippen molar-refractivity contribution in [2.45, 2.75) is 58.1 Å². The van der Waals surface area contributed by atoms with Crippen molar-refractivity contribution >= 4 is 6.09 Å². The molecule has 2 N–H and O–H groups in total. The first-order valence-corrected chi connectivity index (χ1v) is 9.00. The summed E-state index contributed by atoms with van der Waals surface area (Å²) in [6.45, 7) is 10.7. The number of hydrazine groups is 1. The van der Waals surface area contributed by atoms with Gasteiger partial charge >= 0.3 is 6.09 Å². The number of nitrogens with one attached hydrogen (secondary N) is 2. The highest BCUT2D eigenvalue weighted by atomic mass is 16.6. The summed E-state index contributed by atoms with van der Waals surface area (Å²) in [5.41, 5.74) is 3.28. The van der Waals surface area contributed by atoms with E-state index in [1.54, 1.807) is 0 Å². The summed E-state index contributed by atoms with van der Waals surface area (Å²) in [7, 11) is 2.17. The molecule has 1 aliphatic carbocycles. The molecule has 6 nitrogen and oxygen atoms in total. The lowest BCUT2D eigenvalue weighted by atomic mass is 9.85. The summed E-state index contributed by atoms with van der Waals surface area (Å²) in [5.74, 6) is 0.482. The van der Waals surface area contributed by atoms with Crippen molar-refractivity contribution in [3.63, 3.8) is 0 Å². The molecule has 1 heterocycles. The van der Waals surface area contributed by atoms with Gasteiger partial charge in [0.15, 0.2) is 0 Å². The van der Waals surface area contributed by atoms with E-state index in [0.717, 1.165) is 26.2 Å². The first-order chi connectivity index (χ1) is 10.8. The van der Waals surface area contributed by atoms with Crippen LogP contribution in [0.15, 0.2) is 0 Å². The largest absolute Gasteiger partial charge is 0.444 e. The van der Waals surface area contributed by atoms with Gasteiger partial charge in [0.05, 0.1) is 0 Å². The molecule has 23 heavy (non-hydrogen) atoms. The van der Waals surface area contributed by atoms with Gasteiger partial charge in [0.25, 0.3) is 0 Å². The lowest BCUT2D eigenvalue weighted by Crippen LogP contribution is -2.57. The van der Waals surface area contributed by atoms with Crippen LogP contribution in [0.4, 0.5) is 4.79 Å². The standard InChI is InChI=1S/C17H34N4O2/c1-17(2,3)23-16(22)18-13-14-7-5-6-8-15(14)19-21-11-9-20(4)10-12-21/h14-15,19H,5-13H2,1-4H3,(H,18,22). The number of piperazine rings is 1. The Hall–Kier alpha value is -0.850. The Balaban J connectivity index is 1.78. The minimum Gasteiger partial charge on any atom is -0.444 e. The molecule has 0 radical (unpaired) electrons. The van der Waals surface area contributed by atoms with Crippen molar-refractivity contribution in [1.29, 1.82) is 0 Å². The van der Waals surface area contributed by atoms with Gasteiger partial charge in [-0.15, -0.1) is 0 Å². The Labute approximate surface area is 140 Å². The van der Waals surface area contributed by atoms with E-state index >= 15 is 0 Å². The number of carbonyl (C=O) groups is 1. The molecule has 0 aromatic heterocycles. The molecule has 0 aromatic rings. The van der Waals surface area contributed by atoms with E-state index in [0.29, 0.717) is 18.5 Å². The number of rotatable bonds is 4. The van der Waals surface area contributed by atoms with Crippen LogP contribution in [0.3, 0.4) is 0 Å². The van der Waals surface area contributed by atoms with E-state index in [2.05, 4.69) is 27.7 Å². The zero-order chi connectivity index (χ0) is 16.9. The van der Waals surface area contributed by atoms with Crippen LogP contribution < -0.4 is 10.7 Å². The van der Waals surface area contributed by atoms with Crippen LogP contribution >= 0.6 is 0 Å². The maximum absolute atomic E-state index is 11.9. The summed E-state index contributed by atoms with van der Waals surface area (Å²) in [6.07, 6.45) is 4.57. The average Bonchev–Trinajstić information content (AvgIpc) is 2.47. The highest BCUT2D eigenvalue weighted by molar-refractivity contribution is 5.67. The number of nitrogens with zero attached hydrogens (tertiary/aromatic N) is 2. The number of alkyl carbamates (subject to hydrolysis) is 1. The molecule has 1 saturated carbocycles. The molecule has 1 aliphatic heterocycles. The van der Waals surface area contributed by atoms with Crippen LogP contribution in [0, 0.1) is 5.92 Å². The van der Waals surface area contributed by atoms with Gasteiger partial charge in [-0.2, -0.15) is 0 Å². The van der Waals surface area contributed by atoms with Crippen molar-refractivity contribution in [3.05, 3.63) is 0 Å². The van der Waals surface area contributed by atoms with Gasteiger partial charge in [-0.1, -0.05) is 12.8 Å². The molecule has 2 fully saturated rings. The molecule has 2 aliphatic rings. The highest BCUT2D eigenvalue weighted by Gasteiger charge is 2.28. The Morgan fingerprint density at radius 1 is 1.13 bits per heavy atom. The monoisotopic (exact) mass is 326 g/mol. The van der Waals surface area contributed by atoms with E-state index in [9.17, 15) is 4.79 Å². The number of ether oxygens (including phenoxy) is 1. The van der Waals surface area contributed by atoms with E-state index in [1.165, 1.54) is 25.7 Å². The van der Waals surface area contributed by atoms with Crippen LogP contribution in [0.2, 0.25) is 0 Å². The predicted octanol–water partition coefficient (Wildman–Crippen LogP) is 1.82. The molecule has 1 amide bonds. The summed E-state index contributed by atoms with van der Waals surface area (Å²) >= 11 is 0. The summed E-state index contributed by atoms with van der Waals surface area (Å²) < 4.78 is 5.34. The third kappa shape index (κ3) is 6.65. The quantitative estimate of drug-likeness (QED) is 0.825. The molecular formula is C17H34N4O2. The fourth-order valence-electron chi connectivity index (χ4n) is 3.32. The zero-order valence-corrected chi connectivity index (χ0v) is 15.2. The topological polar surface area (TPSA) is 56.8 Å². The predicted molar refractivity (Wildman–Crippen MR) is 92.2 cm³/mol. The van der Waals surface area contributed by atoms with Crippen molar-refractivity contribution < 1.29 is 9.53 Å². The fraction of sp³-hybridized carbons (Fsp3) is 0.941. The molecule has 2 atom stereocenters. The number of amides is 1. The molecule has 0 aromatic carbocycles. The Morgan fingerprint density at radius 3 is 2.43 bits per heavy atom. The van der Waals surface area contributed by atoms with Gasteiger partial charge in [-0.05, 0) is 46.6 Å². The van der Waals surface area contributed by atoms with Crippen LogP contribution in [-0.4, -0.2) is 67.4 Å². The lowest BCUT2D eigenvalue weighted by Gasteiger charge is -2.39. The van der Waals surface area contributed by atoms with Crippen molar-refractivity contribution in [1.82, 2.24) is 20.7 Å². The molecule has 2 unspecified atom stereocenters. The molecular weight excluding hydrogens is 292 g/mol. The van der Waals surface area contributed by atoms with Crippen LogP contribution in [-0.2, 0) is 4.74 Å². The second-order valence-corrected chi connectivity index (χ2v) is 7.95. The van der Waals surface area contributed by atoms with Gasteiger partial charge in [-0.3, -0.25) is 5.43 Å². The second-order valence-electron chi connectivity index (χ2n) is 7.95. The third-order valence-corrected chi connectivity index (χ3v) is 4.67. The van der Waals surface area contributed by atoms with E-state index < -0.39 is 5.60 Å². The van der Waals surface area contributed by atoms with E-state index in [4.69, 9.17) is 4.74 Å². The van der Waals surface area contributed by atoms with Crippen LogP contribution in [0.1, 0.15) is 46.5 Å². The van der Waals surface area contributed by atoms with Gasteiger partial charge in [0.2, 0.25) is 0 Å². The van der Waals surface area contributed by atoms with E-state index in [-0.39, 0.29) is 6.09 Å². The van der Waals surface area contributed by atoms with Crippen LogP contribution in [0.5, 0.6) is 0 Å². The molecule has 0 spiro atoms. The first kappa shape index (κ1) is 18.5. The molecule has 0 bridgehead atoms. The van der Waals surface area contributed by atoms with Crippen molar-refractivity contribution in [2.75, 3.05) is 39.8 Å². The minimum atomic E-state index is -0.436. The van der Waals surface area contributed by atoms with Crippen molar-refractivity contribution in [2.24, 2.45) is 5.92 Å². The fourth-order valence-corrected chi connectivity index (χ4v) is 3.32. The Kier molecular flexibility index (Phi) is 6.68. The minimum absolute atomic E-state index is 0.304. The van der Waals surface area contributed by atoms with Crippen LogP contribution in [0.25, 0.3) is 0 Å².